The SMILES string of the molecule is Cc1cccc(-c2nnnn2C2CCC(C)CC2C)c1N. The van der Waals surface area contributed by atoms with Crippen molar-refractivity contribution in [3.8, 4) is 11.4 Å². The summed E-state index contributed by atoms with van der Waals surface area (Å²) in [5.41, 5.74) is 8.99. The van der Waals surface area contributed by atoms with Crippen molar-refractivity contribution in [3.05, 3.63) is 23.8 Å². The van der Waals surface area contributed by atoms with Crippen molar-refractivity contribution in [2.24, 2.45) is 11.8 Å². The lowest BCUT2D eigenvalue weighted by atomic mass is 9.80. The van der Waals surface area contributed by atoms with Crippen LogP contribution in [0.2, 0.25) is 0 Å². The van der Waals surface area contributed by atoms with Crippen LogP contribution < -0.4 is 5.73 Å². The number of nitrogens with two attached hydrogens (primary N) is 1. The quantitative estimate of drug-likeness (QED) is 0.860. The van der Waals surface area contributed by atoms with E-state index in [0.717, 1.165) is 35.0 Å². The first kappa shape index (κ1) is 14.0. The van der Waals surface area contributed by atoms with Gasteiger partial charge in [0.25, 0.3) is 0 Å². The summed E-state index contributed by atoms with van der Waals surface area (Å²) in [5, 5.41) is 12.4. The average Bonchev–Trinajstić information content (AvgIpc) is 2.91. The van der Waals surface area contributed by atoms with E-state index in [2.05, 4.69) is 29.4 Å². The highest BCUT2D eigenvalue weighted by Gasteiger charge is 2.30. The zero-order chi connectivity index (χ0) is 15.0. The number of tetrazole rings is 1. The van der Waals surface area contributed by atoms with Crippen molar-refractivity contribution in [1.82, 2.24) is 20.2 Å². The van der Waals surface area contributed by atoms with Gasteiger partial charge in [-0.3, -0.25) is 0 Å². The van der Waals surface area contributed by atoms with Crippen molar-refractivity contribution < 1.29 is 0 Å². The van der Waals surface area contributed by atoms with Gasteiger partial charge in [-0.2, -0.15) is 0 Å². The standard InChI is InChI=1S/C16H23N5/c1-10-7-8-14(12(3)9-10)21-16(18-19-20-21)13-6-4-5-11(2)15(13)17/h4-6,10,12,14H,7-9,17H2,1-3H3. The smallest absolute Gasteiger partial charge is 0.184 e. The van der Waals surface area contributed by atoms with Crippen molar-refractivity contribution in [1.29, 1.82) is 0 Å². The van der Waals surface area contributed by atoms with Crippen LogP contribution in [0.5, 0.6) is 0 Å². The summed E-state index contributed by atoms with van der Waals surface area (Å²) in [6, 6.07) is 6.39. The number of aryl methyl sites for hydroxylation is 1. The van der Waals surface area contributed by atoms with Gasteiger partial charge in [0.1, 0.15) is 0 Å². The molecule has 1 fully saturated rings. The molecule has 5 nitrogen and oxygen atoms in total. The van der Waals surface area contributed by atoms with E-state index in [1.165, 1.54) is 12.8 Å². The Hall–Kier alpha value is -1.91. The molecule has 1 saturated carbocycles. The van der Waals surface area contributed by atoms with E-state index in [-0.39, 0.29) is 0 Å². The highest BCUT2D eigenvalue weighted by Crippen LogP contribution is 2.38. The van der Waals surface area contributed by atoms with E-state index < -0.39 is 0 Å². The predicted molar refractivity (Wildman–Crippen MR) is 83.6 cm³/mol. The second kappa shape index (κ2) is 5.47. The Morgan fingerprint density at radius 3 is 2.81 bits per heavy atom. The molecule has 1 aromatic heterocycles. The second-order valence-electron chi connectivity index (χ2n) is 6.45. The van der Waals surface area contributed by atoms with Gasteiger partial charge in [0, 0.05) is 11.3 Å². The maximum Gasteiger partial charge on any atom is 0.184 e. The number of hydrogen-bond acceptors (Lipinski definition) is 4. The van der Waals surface area contributed by atoms with E-state index in [9.17, 15) is 0 Å². The van der Waals surface area contributed by atoms with Crippen LogP contribution in [0.4, 0.5) is 5.69 Å². The Kier molecular flexibility index (Phi) is 3.66. The highest BCUT2D eigenvalue weighted by atomic mass is 15.6. The lowest BCUT2D eigenvalue weighted by Gasteiger charge is -2.32. The Labute approximate surface area is 125 Å². The molecule has 112 valence electrons. The first-order valence-corrected chi connectivity index (χ1v) is 7.71. The van der Waals surface area contributed by atoms with Gasteiger partial charge in [-0.25, -0.2) is 4.68 Å². The molecule has 0 radical (unpaired) electrons. The Bertz CT molecular complexity index is 633. The number of rotatable bonds is 2. The molecule has 3 unspecified atom stereocenters. The Morgan fingerprint density at radius 2 is 2.05 bits per heavy atom. The summed E-state index contributed by atoms with van der Waals surface area (Å²) in [5.74, 6) is 2.17. The maximum atomic E-state index is 6.22. The van der Waals surface area contributed by atoms with Crippen molar-refractivity contribution in [2.45, 2.75) is 46.1 Å². The zero-order valence-electron chi connectivity index (χ0n) is 13.0. The molecule has 2 N–H and O–H groups in total. The number of nitrogen functional groups attached to an aromatic ring is 1. The molecule has 1 heterocycles. The fraction of sp³-hybridized carbons (Fsp3) is 0.562. The topological polar surface area (TPSA) is 69.6 Å². The third-order valence-corrected chi connectivity index (χ3v) is 4.76. The van der Waals surface area contributed by atoms with Gasteiger partial charge in [-0.15, -0.1) is 5.10 Å². The van der Waals surface area contributed by atoms with Gasteiger partial charge in [-0.05, 0) is 60.1 Å². The number of anilines is 1. The Balaban J connectivity index is 2.00. The van der Waals surface area contributed by atoms with Gasteiger partial charge in [0.2, 0.25) is 0 Å². The minimum atomic E-state index is 0.367. The molecule has 0 amide bonds. The van der Waals surface area contributed by atoms with E-state index in [1.54, 1.807) is 0 Å². The fourth-order valence-corrected chi connectivity index (χ4v) is 3.48. The van der Waals surface area contributed by atoms with Gasteiger partial charge < -0.3 is 5.73 Å². The molecule has 0 bridgehead atoms. The van der Waals surface area contributed by atoms with Crippen molar-refractivity contribution >= 4 is 5.69 Å². The molecule has 0 saturated heterocycles. The third kappa shape index (κ3) is 2.52. The molecule has 3 atom stereocenters. The number of nitrogens with zero attached hydrogens (tertiary/aromatic N) is 4. The maximum absolute atomic E-state index is 6.22. The molecule has 21 heavy (non-hydrogen) atoms. The van der Waals surface area contributed by atoms with Crippen LogP contribution in [0.1, 0.15) is 44.7 Å². The molecule has 1 aromatic carbocycles. The molecule has 2 aromatic rings. The monoisotopic (exact) mass is 285 g/mol. The summed E-state index contributed by atoms with van der Waals surface area (Å²) in [7, 11) is 0. The van der Waals surface area contributed by atoms with Crippen LogP contribution in [-0.4, -0.2) is 20.2 Å². The zero-order valence-corrected chi connectivity index (χ0v) is 13.0. The molecular formula is C16H23N5. The van der Waals surface area contributed by atoms with E-state index in [4.69, 9.17) is 5.73 Å². The summed E-state index contributed by atoms with van der Waals surface area (Å²) >= 11 is 0. The molecule has 0 spiro atoms. The highest BCUT2D eigenvalue weighted by molar-refractivity contribution is 5.74. The molecular weight excluding hydrogens is 262 g/mol. The van der Waals surface area contributed by atoms with Crippen LogP contribution in [0.15, 0.2) is 18.2 Å². The lowest BCUT2D eigenvalue weighted by molar-refractivity contribution is 0.194. The van der Waals surface area contributed by atoms with Crippen LogP contribution in [0.3, 0.4) is 0 Å². The number of benzene rings is 1. The largest absolute Gasteiger partial charge is 0.398 e. The molecule has 3 rings (SSSR count). The molecule has 0 aliphatic heterocycles. The Morgan fingerprint density at radius 1 is 1.24 bits per heavy atom. The first-order valence-electron chi connectivity index (χ1n) is 7.71. The van der Waals surface area contributed by atoms with Gasteiger partial charge in [0.05, 0.1) is 6.04 Å². The lowest BCUT2D eigenvalue weighted by Crippen LogP contribution is -2.26. The van der Waals surface area contributed by atoms with E-state index >= 15 is 0 Å². The van der Waals surface area contributed by atoms with Gasteiger partial charge >= 0.3 is 0 Å². The summed E-state index contributed by atoms with van der Waals surface area (Å²) in [4.78, 5) is 0. The van der Waals surface area contributed by atoms with Gasteiger partial charge in [-0.1, -0.05) is 26.0 Å². The number of hydrogen-bond donors (Lipinski definition) is 1. The van der Waals surface area contributed by atoms with Crippen molar-refractivity contribution in [3.63, 3.8) is 0 Å². The van der Waals surface area contributed by atoms with Crippen LogP contribution >= 0.6 is 0 Å². The van der Waals surface area contributed by atoms with Crippen LogP contribution in [-0.2, 0) is 0 Å². The van der Waals surface area contributed by atoms with Gasteiger partial charge in [0.15, 0.2) is 5.82 Å². The minimum absolute atomic E-state index is 0.367. The molecule has 1 aliphatic carbocycles. The summed E-state index contributed by atoms with van der Waals surface area (Å²) < 4.78 is 1.99. The number of para-hydroxylation sites is 1. The molecule has 5 heteroatoms. The first-order chi connectivity index (χ1) is 10.1. The molecule has 1 aliphatic rings. The van der Waals surface area contributed by atoms with E-state index in [0.29, 0.717) is 12.0 Å². The number of aromatic nitrogens is 4. The van der Waals surface area contributed by atoms with Crippen LogP contribution in [0, 0.1) is 18.8 Å². The normalized spacial score (nSPS) is 26.0. The van der Waals surface area contributed by atoms with Crippen LogP contribution in [0.25, 0.3) is 11.4 Å². The second-order valence-corrected chi connectivity index (χ2v) is 6.45. The van der Waals surface area contributed by atoms with Crippen molar-refractivity contribution in [2.75, 3.05) is 5.73 Å². The summed E-state index contributed by atoms with van der Waals surface area (Å²) in [6.45, 7) is 6.63. The summed E-state index contributed by atoms with van der Waals surface area (Å²) in [6.07, 6.45) is 3.59. The predicted octanol–water partition coefficient (Wildman–Crippen LogP) is 3.23. The third-order valence-electron chi connectivity index (χ3n) is 4.76. The minimum Gasteiger partial charge on any atom is -0.398 e. The average molecular weight is 285 g/mol. The van der Waals surface area contributed by atoms with E-state index in [1.807, 2.05) is 29.8 Å². The fourth-order valence-electron chi connectivity index (χ4n) is 3.48.